The smallest absolute Gasteiger partial charge is 0.143 e. The van der Waals surface area contributed by atoms with Gasteiger partial charge in [0.15, 0.2) is 0 Å². The molecule has 0 atom stereocenters. The minimum absolute atomic E-state index is 0.337. The van der Waals surface area contributed by atoms with Crippen molar-refractivity contribution in [1.29, 1.82) is 5.26 Å². The highest BCUT2D eigenvalue weighted by Gasteiger charge is 2.25. The molecule has 5 nitrogen and oxygen atoms in total. The van der Waals surface area contributed by atoms with Crippen LogP contribution in [0.3, 0.4) is 0 Å². The summed E-state index contributed by atoms with van der Waals surface area (Å²) in [6.45, 7) is 3.29. The minimum atomic E-state index is 0.337. The largest absolute Gasteiger partial charge is 0.381 e. The summed E-state index contributed by atoms with van der Waals surface area (Å²) in [4.78, 5) is 0. The molecule has 2 aliphatic rings. The van der Waals surface area contributed by atoms with E-state index in [1.807, 2.05) is 4.68 Å². The van der Waals surface area contributed by atoms with E-state index in [2.05, 4.69) is 16.5 Å². The molecule has 1 aromatic rings. The molecule has 0 unspecified atom stereocenters. The SMILES string of the molecule is N#Cc1c2c(nn1C1CCOCC1)CCNC2. The molecule has 90 valence electrons. The van der Waals surface area contributed by atoms with Crippen LogP contribution in [0.25, 0.3) is 0 Å². The van der Waals surface area contributed by atoms with Gasteiger partial charge >= 0.3 is 0 Å². The first-order chi connectivity index (χ1) is 8.40. The van der Waals surface area contributed by atoms with Gasteiger partial charge in [-0.05, 0) is 12.8 Å². The summed E-state index contributed by atoms with van der Waals surface area (Å²) >= 11 is 0. The maximum Gasteiger partial charge on any atom is 0.143 e. The van der Waals surface area contributed by atoms with E-state index in [9.17, 15) is 5.26 Å². The third-order valence-electron chi connectivity index (χ3n) is 3.57. The number of rotatable bonds is 1. The van der Waals surface area contributed by atoms with Crippen LogP contribution in [0.1, 0.15) is 35.8 Å². The van der Waals surface area contributed by atoms with Crippen LogP contribution >= 0.6 is 0 Å². The molecule has 0 amide bonds. The van der Waals surface area contributed by atoms with E-state index in [0.29, 0.717) is 6.04 Å². The zero-order chi connectivity index (χ0) is 11.7. The van der Waals surface area contributed by atoms with E-state index in [0.717, 1.165) is 62.5 Å². The third-order valence-corrected chi connectivity index (χ3v) is 3.57. The van der Waals surface area contributed by atoms with Gasteiger partial charge in [-0.1, -0.05) is 0 Å². The van der Waals surface area contributed by atoms with Crippen LogP contribution in [0.15, 0.2) is 0 Å². The van der Waals surface area contributed by atoms with Gasteiger partial charge in [0.2, 0.25) is 0 Å². The standard InChI is InChI=1S/C12H16N4O/c13-7-12-10-8-14-4-1-11(10)15-16(12)9-2-5-17-6-3-9/h9,14H,1-6,8H2. The Balaban J connectivity index is 1.98. The number of nitrogens with zero attached hydrogens (tertiary/aromatic N) is 3. The molecule has 3 heterocycles. The number of nitriles is 1. The van der Waals surface area contributed by atoms with Gasteiger partial charge in [-0.25, -0.2) is 0 Å². The summed E-state index contributed by atoms with van der Waals surface area (Å²) in [5, 5.41) is 17.3. The number of nitrogens with one attached hydrogen (secondary N) is 1. The second-order valence-electron chi connectivity index (χ2n) is 4.60. The summed E-state index contributed by atoms with van der Waals surface area (Å²) < 4.78 is 7.31. The summed E-state index contributed by atoms with van der Waals surface area (Å²) in [5.74, 6) is 0. The lowest BCUT2D eigenvalue weighted by Crippen LogP contribution is -2.23. The number of fused-ring (bicyclic) bond motifs is 1. The Morgan fingerprint density at radius 2 is 2.24 bits per heavy atom. The van der Waals surface area contributed by atoms with Crippen LogP contribution in [-0.2, 0) is 17.7 Å². The molecule has 1 saturated heterocycles. The monoisotopic (exact) mass is 232 g/mol. The fourth-order valence-electron chi connectivity index (χ4n) is 2.63. The van der Waals surface area contributed by atoms with Crippen LogP contribution < -0.4 is 5.32 Å². The Kier molecular flexibility index (Phi) is 2.83. The summed E-state index contributed by atoms with van der Waals surface area (Å²) in [6.07, 6.45) is 2.85. The predicted octanol–water partition coefficient (Wildman–Crippen LogP) is 0.752. The van der Waals surface area contributed by atoms with Gasteiger partial charge < -0.3 is 10.1 Å². The molecule has 1 fully saturated rings. The van der Waals surface area contributed by atoms with E-state index >= 15 is 0 Å². The molecule has 0 aliphatic carbocycles. The number of hydrogen-bond donors (Lipinski definition) is 1. The summed E-state index contributed by atoms with van der Waals surface area (Å²) in [5.41, 5.74) is 2.95. The quantitative estimate of drug-likeness (QED) is 0.776. The summed E-state index contributed by atoms with van der Waals surface area (Å²) in [7, 11) is 0. The first kappa shape index (κ1) is 10.8. The maximum atomic E-state index is 9.32. The highest BCUT2D eigenvalue weighted by atomic mass is 16.5. The Hall–Kier alpha value is -1.38. The van der Waals surface area contributed by atoms with Gasteiger partial charge in [-0.15, -0.1) is 0 Å². The van der Waals surface area contributed by atoms with E-state index in [1.54, 1.807) is 0 Å². The lowest BCUT2D eigenvalue weighted by atomic mass is 10.1. The van der Waals surface area contributed by atoms with Gasteiger partial charge in [0.05, 0.1) is 11.7 Å². The van der Waals surface area contributed by atoms with Gasteiger partial charge in [0, 0.05) is 38.3 Å². The molecule has 17 heavy (non-hydrogen) atoms. The normalized spacial score (nSPS) is 20.9. The van der Waals surface area contributed by atoms with Crippen molar-refractivity contribution in [1.82, 2.24) is 15.1 Å². The predicted molar refractivity (Wildman–Crippen MR) is 61.4 cm³/mol. The number of ether oxygens (including phenoxy) is 1. The molecule has 0 radical (unpaired) electrons. The van der Waals surface area contributed by atoms with Crippen molar-refractivity contribution in [2.75, 3.05) is 19.8 Å². The van der Waals surface area contributed by atoms with Crippen LogP contribution in [-0.4, -0.2) is 29.5 Å². The molecule has 0 saturated carbocycles. The van der Waals surface area contributed by atoms with Gasteiger partial charge in [-0.2, -0.15) is 10.4 Å². The molecule has 0 aromatic carbocycles. The van der Waals surface area contributed by atoms with Crippen LogP contribution in [0.2, 0.25) is 0 Å². The second kappa shape index (κ2) is 4.47. The van der Waals surface area contributed by atoms with Crippen LogP contribution in [0.5, 0.6) is 0 Å². The average Bonchev–Trinajstić information content (AvgIpc) is 2.78. The van der Waals surface area contributed by atoms with Gasteiger partial charge in [0.25, 0.3) is 0 Å². The van der Waals surface area contributed by atoms with E-state index in [4.69, 9.17) is 4.74 Å². The molecule has 1 aromatic heterocycles. The van der Waals surface area contributed by atoms with Crippen molar-refractivity contribution >= 4 is 0 Å². The third kappa shape index (κ3) is 1.84. The van der Waals surface area contributed by atoms with Crippen molar-refractivity contribution in [2.24, 2.45) is 0 Å². The molecule has 1 N–H and O–H groups in total. The number of aromatic nitrogens is 2. The molecule has 3 rings (SSSR count). The van der Waals surface area contributed by atoms with E-state index < -0.39 is 0 Å². The number of hydrogen-bond acceptors (Lipinski definition) is 4. The average molecular weight is 232 g/mol. The fourth-order valence-corrected chi connectivity index (χ4v) is 2.63. The summed E-state index contributed by atoms with van der Waals surface area (Å²) in [6, 6.07) is 2.66. The zero-order valence-electron chi connectivity index (χ0n) is 9.78. The Morgan fingerprint density at radius 3 is 3.00 bits per heavy atom. The molecule has 2 aliphatic heterocycles. The second-order valence-corrected chi connectivity index (χ2v) is 4.60. The molecular weight excluding hydrogens is 216 g/mol. The van der Waals surface area contributed by atoms with Crippen LogP contribution in [0.4, 0.5) is 0 Å². The first-order valence-corrected chi connectivity index (χ1v) is 6.19. The van der Waals surface area contributed by atoms with Crippen molar-refractivity contribution in [3.63, 3.8) is 0 Å². The van der Waals surface area contributed by atoms with E-state index in [-0.39, 0.29) is 0 Å². The highest BCUT2D eigenvalue weighted by Crippen LogP contribution is 2.26. The fraction of sp³-hybridized carbons (Fsp3) is 0.667. The van der Waals surface area contributed by atoms with Crippen molar-refractivity contribution in [2.45, 2.75) is 31.8 Å². The molecular formula is C12H16N4O. The van der Waals surface area contributed by atoms with E-state index in [1.165, 1.54) is 0 Å². The molecule has 0 spiro atoms. The first-order valence-electron chi connectivity index (χ1n) is 6.19. The van der Waals surface area contributed by atoms with Gasteiger partial charge in [0.1, 0.15) is 11.8 Å². The topological polar surface area (TPSA) is 62.9 Å². The Bertz CT molecular complexity index is 454. The lowest BCUT2D eigenvalue weighted by Gasteiger charge is -2.23. The van der Waals surface area contributed by atoms with Gasteiger partial charge in [-0.3, -0.25) is 4.68 Å². The molecule has 0 bridgehead atoms. The Labute approximate surface area is 100 Å². The zero-order valence-corrected chi connectivity index (χ0v) is 9.78. The molecule has 5 heteroatoms. The van der Waals surface area contributed by atoms with Crippen LogP contribution in [0, 0.1) is 11.3 Å². The Morgan fingerprint density at radius 1 is 1.41 bits per heavy atom. The van der Waals surface area contributed by atoms with Crippen molar-refractivity contribution < 1.29 is 4.74 Å². The lowest BCUT2D eigenvalue weighted by molar-refractivity contribution is 0.0659. The maximum absolute atomic E-state index is 9.32. The highest BCUT2D eigenvalue weighted by molar-refractivity contribution is 5.37. The van der Waals surface area contributed by atoms with Crippen molar-refractivity contribution in [3.8, 4) is 6.07 Å². The van der Waals surface area contributed by atoms with Crippen molar-refractivity contribution in [3.05, 3.63) is 17.0 Å². The minimum Gasteiger partial charge on any atom is -0.381 e.